The fourth-order valence-electron chi connectivity index (χ4n) is 7.09. The molecule has 2 aromatic rings. The third kappa shape index (κ3) is 5.62. The molecular formula is C31H45N3O2S. The lowest BCUT2D eigenvalue weighted by Crippen LogP contribution is -2.57. The van der Waals surface area contributed by atoms with E-state index in [-0.39, 0.29) is 16.7 Å². The normalized spacial score (nSPS) is 24.1. The van der Waals surface area contributed by atoms with Crippen LogP contribution in [0.1, 0.15) is 58.1 Å². The number of nitrogens with one attached hydrogen (secondary N) is 1. The van der Waals surface area contributed by atoms with Gasteiger partial charge in [-0.05, 0) is 85.5 Å². The molecule has 0 aliphatic carbocycles. The van der Waals surface area contributed by atoms with Gasteiger partial charge in [-0.15, -0.1) is 0 Å². The molecule has 3 aliphatic heterocycles. The monoisotopic (exact) mass is 523 g/mol. The Balaban J connectivity index is 1.18. The Morgan fingerprint density at radius 1 is 1.00 bits per heavy atom. The SMILES string of the molecule is CCS(=O)(=O)c1ccc(N2CC(CN3CCC(C4(CC(C)(C)C)NCCc5ccccc54)CC3)C2)cc1. The van der Waals surface area contributed by atoms with Gasteiger partial charge in [-0.25, -0.2) is 8.42 Å². The van der Waals surface area contributed by atoms with E-state index in [0.29, 0.717) is 16.7 Å². The second kappa shape index (κ2) is 10.3. The Labute approximate surface area is 224 Å². The molecule has 2 aromatic carbocycles. The minimum absolute atomic E-state index is 0.0872. The summed E-state index contributed by atoms with van der Waals surface area (Å²) in [7, 11) is -3.13. The van der Waals surface area contributed by atoms with Crippen LogP contribution in [0.15, 0.2) is 53.4 Å². The van der Waals surface area contributed by atoms with Crippen LogP contribution in [0.3, 0.4) is 0 Å². The number of hydrogen-bond donors (Lipinski definition) is 1. The maximum Gasteiger partial charge on any atom is 0.178 e. The molecule has 1 atom stereocenters. The van der Waals surface area contributed by atoms with Crippen molar-refractivity contribution in [2.45, 2.75) is 63.8 Å². The first kappa shape index (κ1) is 26.7. The molecule has 0 bridgehead atoms. The third-order valence-corrected chi connectivity index (χ3v) is 10.6. The fraction of sp³-hybridized carbons (Fsp3) is 0.613. The van der Waals surface area contributed by atoms with Gasteiger partial charge in [0.15, 0.2) is 9.84 Å². The first-order chi connectivity index (χ1) is 17.6. The molecule has 2 saturated heterocycles. The second-order valence-corrected chi connectivity index (χ2v) is 15.1. The van der Waals surface area contributed by atoms with Crippen LogP contribution in [-0.2, 0) is 21.8 Å². The number of fused-ring (bicyclic) bond motifs is 1. The van der Waals surface area contributed by atoms with Crippen LogP contribution in [0.25, 0.3) is 0 Å². The predicted octanol–water partition coefficient (Wildman–Crippen LogP) is 5.11. The van der Waals surface area contributed by atoms with E-state index in [1.807, 2.05) is 12.1 Å². The summed E-state index contributed by atoms with van der Waals surface area (Å²) in [6.45, 7) is 15.6. The fourth-order valence-corrected chi connectivity index (χ4v) is 7.98. The molecule has 0 radical (unpaired) electrons. The molecule has 37 heavy (non-hydrogen) atoms. The van der Waals surface area contributed by atoms with Crippen molar-refractivity contribution in [1.82, 2.24) is 10.2 Å². The molecule has 5 rings (SSSR count). The van der Waals surface area contributed by atoms with Gasteiger partial charge in [0.1, 0.15) is 0 Å². The van der Waals surface area contributed by atoms with E-state index in [2.05, 4.69) is 60.2 Å². The summed E-state index contributed by atoms with van der Waals surface area (Å²) in [5.41, 5.74) is 4.59. The van der Waals surface area contributed by atoms with Crippen LogP contribution >= 0.6 is 0 Å². The van der Waals surface area contributed by atoms with Gasteiger partial charge >= 0.3 is 0 Å². The molecule has 0 saturated carbocycles. The molecule has 202 valence electrons. The van der Waals surface area contributed by atoms with Crippen LogP contribution in [-0.4, -0.2) is 58.3 Å². The minimum atomic E-state index is -3.13. The Morgan fingerprint density at radius 3 is 2.32 bits per heavy atom. The lowest BCUT2D eigenvalue weighted by molar-refractivity contribution is 0.0597. The molecule has 1 unspecified atom stereocenters. The van der Waals surface area contributed by atoms with Gasteiger partial charge in [0, 0.05) is 43.3 Å². The summed E-state index contributed by atoms with van der Waals surface area (Å²) in [5.74, 6) is 1.50. The lowest BCUT2D eigenvalue weighted by atomic mass is 9.64. The highest BCUT2D eigenvalue weighted by atomic mass is 32.2. The van der Waals surface area contributed by atoms with Crippen molar-refractivity contribution in [3.63, 3.8) is 0 Å². The topological polar surface area (TPSA) is 52.7 Å². The van der Waals surface area contributed by atoms with Gasteiger partial charge in [-0.1, -0.05) is 52.0 Å². The highest BCUT2D eigenvalue weighted by molar-refractivity contribution is 7.91. The molecule has 0 amide bonds. The van der Waals surface area contributed by atoms with E-state index in [1.165, 1.54) is 38.9 Å². The van der Waals surface area contributed by atoms with Crippen molar-refractivity contribution >= 4 is 15.5 Å². The Kier molecular flexibility index (Phi) is 7.47. The Hall–Kier alpha value is -1.89. The van der Waals surface area contributed by atoms with Crippen molar-refractivity contribution < 1.29 is 8.42 Å². The Morgan fingerprint density at radius 2 is 1.68 bits per heavy atom. The van der Waals surface area contributed by atoms with Gasteiger partial charge in [0.05, 0.1) is 10.6 Å². The summed E-state index contributed by atoms with van der Waals surface area (Å²) < 4.78 is 24.2. The minimum Gasteiger partial charge on any atom is -0.371 e. The molecule has 0 aromatic heterocycles. The predicted molar refractivity (Wildman–Crippen MR) is 153 cm³/mol. The summed E-state index contributed by atoms with van der Waals surface area (Å²) in [5, 5.41) is 4.07. The van der Waals surface area contributed by atoms with E-state index in [1.54, 1.807) is 30.2 Å². The van der Waals surface area contributed by atoms with Crippen LogP contribution < -0.4 is 10.2 Å². The van der Waals surface area contributed by atoms with Crippen molar-refractivity contribution in [3.05, 3.63) is 59.7 Å². The summed E-state index contributed by atoms with van der Waals surface area (Å²) in [6, 6.07) is 16.6. The second-order valence-electron chi connectivity index (χ2n) is 12.8. The van der Waals surface area contributed by atoms with E-state index < -0.39 is 9.84 Å². The zero-order valence-corrected chi connectivity index (χ0v) is 24.0. The quantitative estimate of drug-likeness (QED) is 0.547. The standard InChI is InChI=1S/C31H45N3O2S/c1-5-37(35,36)28-12-10-27(11-13-28)34-21-24(22-34)20-33-18-15-26(16-19-33)31(23-30(2,3)4)29-9-7-6-8-25(29)14-17-32-31/h6-13,24,26,32H,5,14-23H2,1-4H3. The molecule has 2 fully saturated rings. The van der Waals surface area contributed by atoms with Crippen LogP contribution in [0, 0.1) is 17.3 Å². The number of hydrogen-bond acceptors (Lipinski definition) is 5. The third-order valence-electron chi connectivity index (χ3n) is 8.84. The van der Waals surface area contributed by atoms with Gasteiger partial charge in [-0.2, -0.15) is 0 Å². The van der Waals surface area contributed by atoms with E-state index in [0.717, 1.165) is 31.7 Å². The van der Waals surface area contributed by atoms with Crippen molar-refractivity contribution in [2.75, 3.05) is 49.9 Å². The smallest absolute Gasteiger partial charge is 0.178 e. The van der Waals surface area contributed by atoms with Gasteiger partial charge < -0.3 is 15.1 Å². The van der Waals surface area contributed by atoms with Crippen molar-refractivity contribution in [3.8, 4) is 0 Å². The largest absolute Gasteiger partial charge is 0.371 e. The summed E-state index contributed by atoms with van der Waals surface area (Å²) >= 11 is 0. The Bertz CT molecular complexity index is 1170. The average molecular weight is 524 g/mol. The van der Waals surface area contributed by atoms with Crippen LogP contribution in [0.4, 0.5) is 5.69 Å². The first-order valence-electron chi connectivity index (χ1n) is 14.2. The van der Waals surface area contributed by atoms with E-state index >= 15 is 0 Å². The lowest BCUT2D eigenvalue weighted by Gasteiger charge is -2.52. The van der Waals surface area contributed by atoms with Crippen LogP contribution in [0.5, 0.6) is 0 Å². The summed E-state index contributed by atoms with van der Waals surface area (Å²) in [4.78, 5) is 5.49. The highest BCUT2D eigenvalue weighted by Gasteiger charge is 2.46. The van der Waals surface area contributed by atoms with Crippen molar-refractivity contribution in [1.29, 1.82) is 0 Å². The number of nitrogens with zero attached hydrogens (tertiary/aromatic N) is 2. The van der Waals surface area contributed by atoms with Crippen molar-refractivity contribution in [2.24, 2.45) is 17.3 Å². The molecular weight excluding hydrogens is 478 g/mol. The number of benzene rings is 2. The van der Waals surface area contributed by atoms with Gasteiger partial charge in [-0.3, -0.25) is 0 Å². The first-order valence-corrected chi connectivity index (χ1v) is 15.9. The number of anilines is 1. The van der Waals surface area contributed by atoms with E-state index in [9.17, 15) is 8.42 Å². The number of likely N-dealkylation sites (tertiary alicyclic amines) is 1. The summed E-state index contributed by atoms with van der Waals surface area (Å²) in [6.07, 6.45) is 4.82. The molecule has 0 spiro atoms. The van der Waals surface area contributed by atoms with Crippen LogP contribution in [0.2, 0.25) is 0 Å². The maximum atomic E-state index is 12.1. The molecule has 6 heteroatoms. The molecule has 3 heterocycles. The molecule has 3 aliphatic rings. The highest BCUT2D eigenvalue weighted by Crippen LogP contribution is 2.47. The van der Waals surface area contributed by atoms with Gasteiger partial charge in [0.2, 0.25) is 0 Å². The maximum absolute atomic E-state index is 12.1. The van der Waals surface area contributed by atoms with Gasteiger partial charge in [0.25, 0.3) is 0 Å². The number of sulfone groups is 1. The number of piperidine rings is 1. The number of rotatable bonds is 7. The van der Waals surface area contributed by atoms with E-state index in [4.69, 9.17) is 0 Å². The molecule has 5 nitrogen and oxygen atoms in total. The zero-order chi connectivity index (χ0) is 26.3. The molecule has 1 N–H and O–H groups in total. The zero-order valence-electron chi connectivity index (χ0n) is 23.2. The average Bonchev–Trinajstić information content (AvgIpc) is 2.86.